The maximum absolute atomic E-state index is 14.9. The van der Waals surface area contributed by atoms with Gasteiger partial charge in [-0.3, -0.25) is 0 Å². The summed E-state index contributed by atoms with van der Waals surface area (Å²) < 4.78 is 0. The number of rotatable bonds is 12. The van der Waals surface area contributed by atoms with Crippen LogP contribution in [0.5, 0.6) is 0 Å². The molecule has 0 saturated carbocycles. The number of carbonyl (C=O) groups is 1. The molecule has 48 heavy (non-hydrogen) atoms. The zero-order valence-electron chi connectivity index (χ0n) is 27.0. The van der Waals surface area contributed by atoms with Gasteiger partial charge in [0.1, 0.15) is 0 Å². The molecule has 5 heteroatoms. The first-order valence-corrected chi connectivity index (χ1v) is 19.7. The fraction of sp³-hybridized carbons (Fsp3) is 0.140. The van der Waals surface area contributed by atoms with E-state index in [0.717, 1.165) is 23.5 Å². The Morgan fingerprint density at radius 1 is 0.375 bits per heavy atom. The summed E-state index contributed by atoms with van der Waals surface area (Å²) in [6.07, 6.45) is 1.79. The minimum absolute atomic E-state index is 0.0189. The highest BCUT2D eigenvalue weighted by Crippen LogP contribution is 2.44. The van der Waals surface area contributed by atoms with Crippen LogP contribution < -0.4 is 21.2 Å². The Hall–Kier alpha value is -4.55. The smallest absolute Gasteiger partial charge is 0.315 e. The van der Waals surface area contributed by atoms with Crippen molar-refractivity contribution < 1.29 is 4.79 Å². The highest BCUT2D eigenvalue weighted by atomic mass is 31.1. The van der Waals surface area contributed by atoms with Crippen molar-refractivity contribution in [1.82, 2.24) is 9.80 Å². The molecule has 0 aliphatic carbocycles. The Kier molecular flexibility index (Phi) is 10.4. The van der Waals surface area contributed by atoms with Gasteiger partial charge < -0.3 is 9.80 Å². The van der Waals surface area contributed by atoms with E-state index in [-0.39, 0.29) is 18.1 Å². The number of amides is 2. The molecule has 0 N–H and O–H groups in total. The second-order valence-corrected chi connectivity index (χ2v) is 16.7. The predicted octanol–water partition coefficient (Wildman–Crippen LogP) is 8.13. The number of carbonyl (C=O) groups excluding carboxylic acids is 1. The van der Waals surface area contributed by atoms with Gasteiger partial charge in [0.2, 0.25) is 0 Å². The lowest BCUT2D eigenvalue weighted by Gasteiger charge is -2.34. The molecular formula is C43H40N2OP2. The Morgan fingerprint density at radius 2 is 0.625 bits per heavy atom. The minimum atomic E-state index is -0.734. The zero-order chi connectivity index (χ0) is 32.5. The monoisotopic (exact) mass is 662 g/mol. The van der Waals surface area contributed by atoms with Crippen LogP contribution in [0.4, 0.5) is 4.79 Å². The first-order chi connectivity index (χ1) is 23.7. The van der Waals surface area contributed by atoms with Gasteiger partial charge in [-0.25, -0.2) is 4.79 Å². The van der Waals surface area contributed by atoms with Crippen LogP contribution in [0.25, 0.3) is 0 Å². The summed E-state index contributed by atoms with van der Waals surface area (Å²) >= 11 is 0. The second kappa shape index (κ2) is 15.6. The molecule has 3 nitrogen and oxygen atoms in total. The molecule has 238 valence electrons. The van der Waals surface area contributed by atoms with Gasteiger partial charge >= 0.3 is 6.03 Å². The standard InChI is InChI=1S/C43H40N2OP2/c46-43-44(31-35-19-7-1-8-20-35)41(33-47(37-23-11-3-12-24-37)38-25-13-4-14-26-38)42(45(43)32-36-21-9-2-10-22-36)34-48(39-27-15-5-16-28-39)40-29-17-6-18-30-40/h1-30,41-42H,31-34H2/t41-,42-/m1/s1. The minimum Gasteiger partial charge on any atom is -0.315 e. The van der Waals surface area contributed by atoms with Crippen LogP contribution in [-0.2, 0) is 13.1 Å². The fourth-order valence-corrected chi connectivity index (χ4v) is 12.0. The van der Waals surface area contributed by atoms with E-state index in [1.165, 1.54) is 21.2 Å². The van der Waals surface area contributed by atoms with Crippen molar-refractivity contribution in [1.29, 1.82) is 0 Å². The Bertz CT molecular complexity index is 1640. The van der Waals surface area contributed by atoms with Crippen molar-refractivity contribution in [3.8, 4) is 0 Å². The van der Waals surface area contributed by atoms with Crippen LogP contribution in [0, 0.1) is 0 Å². The quantitative estimate of drug-likeness (QED) is 0.122. The summed E-state index contributed by atoms with van der Waals surface area (Å²) in [7, 11) is -1.47. The molecule has 1 heterocycles. The van der Waals surface area contributed by atoms with E-state index in [1.807, 2.05) is 12.1 Å². The highest BCUT2D eigenvalue weighted by molar-refractivity contribution is 7.73. The number of hydrogen-bond donors (Lipinski definition) is 0. The van der Waals surface area contributed by atoms with E-state index in [4.69, 9.17) is 0 Å². The molecule has 1 saturated heterocycles. The van der Waals surface area contributed by atoms with Gasteiger partial charge in [-0.1, -0.05) is 182 Å². The molecule has 0 unspecified atom stereocenters. The lowest BCUT2D eigenvalue weighted by molar-refractivity contribution is 0.182. The van der Waals surface area contributed by atoms with E-state index >= 15 is 0 Å². The molecule has 2 atom stereocenters. The molecule has 1 fully saturated rings. The van der Waals surface area contributed by atoms with Gasteiger partial charge in [0.05, 0.1) is 12.1 Å². The second-order valence-electron chi connectivity index (χ2n) is 12.2. The van der Waals surface area contributed by atoms with Gasteiger partial charge in [0.25, 0.3) is 0 Å². The van der Waals surface area contributed by atoms with Crippen LogP contribution in [-0.4, -0.2) is 40.2 Å². The normalized spacial score (nSPS) is 16.2. The maximum Gasteiger partial charge on any atom is 0.321 e. The van der Waals surface area contributed by atoms with Crippen LogP contribution in [0.3, 0.4) is 0 Å². The third-order valence-corrected chi connectivity index (χ3v) is 14.3. The van der Waals surface area contributed by atoms with Gasteiger partial charge in [0, 0.05) is 13.1 Å². The molecule has 6 aromatic rings. The third-order valence-electron chi connectivity index (χ3n) is 9.14. The summed E-state index contributed by atoms with van der Waals surface area (Å²) in [5.74, 6) is 0. The molecule has 1 aliphatic rings. The lowest BCUT2D eigenvalue weighted by atomic mass is 10.1. The first-order valence-electron chi connectivity index (χ1n) is 16.6. The highest BCUT2D eigenvalue weighted by Gasteiger charge is 2.47. The van der Waals surface area contributed by atoms with E-state index in [9.17, 15) is 4.79 Å². The molecule has 6 aromatic carbocycles. The topological polar surface area (TPSA) is 23.6 Å². The van der Waals surface area contributed by atoms with Crippen molar-refractivity contribution in [3.05, 3.63) is 193 Å². The van der Waals surface area contributed by atoms with Crippen molar-refractivity contribution >= 4 is 43.1 Å². The largest absolute Gasteiger partial charge is 0.321 e. The van der Waals surface area contributed by atoms with Crippen LogP contribution in [0.1, 0.15) is 11.1 Å². The average molecular weight is 663 g/mol. The van der Waals surface area contributed by atoms with Gasteiger partial charge in [-0.2, -0.15) is 0 Å². The Morgan fingerprint density at radius 3 is 0.896 bits per heavy atom. The molecular weight excluding hydrogens is 622 g/mol. The van der Waals surface area contributed by atoms with Gasteiger partial charge in [-0.05, 0) is 60.5 Å². The fourth-order valence-electron chi connectivity index (χ4n) is 6.76. The van der Waals surface area contributed by atoms with E-state index < -0.39 is 15.8 Å². The molecule has 0 aromatic heterocycles. The van der Waals surface area contributed by atoms with Crippen molar-refractivity contribution in [3.63, 3.8) is 0 Å². The Labute approximate surface area is 287 Å². The summed E-state index contributed by atoms with van der Waals surface area (Å²) in [5.41, 5.74) is 2.32. The Balaban J connectivity index is 1.35. The summed E-state index contributed by atoms with van der Waals surface area (Å²) in [6.45, 7) is 1.18. The first kappa shape index (κ1) is 32.0. The maximum atomic E-state index is 14.9. The lowest BCUT2D eigenvalue weighted by Crippen LogP contribution is -2.43. The molecule has 0 radical (unpaired) electrons. The molecule has 0 bridgehead atoms. The van der Waals surface area contributed by atoms with Crippen LogP contribution in [0.2, 0.25) is 0 Å². The SMILES string of the molecule is O=C1N(Cc2ccccc2)[C@H](CP(c2ccccc2)c2ccccc2)[C@@H](CP(c2ccccc2)c2ccccc2)N1Cc1ccccc1. The van der Waals surface area contributed by atoms with Crippen LogP contribution >= 0.6 is 15.8 Å². The van der Waals surface area contributed by atoms with Crippen molar-refractivity contribution in [2.45, 2.75) is 25.2 Å². The molecule has 1 aliphatic heterocycles. The third kappa shape index (κ3) is 7.44. The summed E-state index contributed by atoms with van der Waals surface area (Å²) in [6, 6.07) is 65.0. The van der Waals surface area contributed by atoms with Crippen molar-refractivity contribution in [2.24, 2.45) is 0 Å². The zero-order valence-corrected chi connectivity index (χ0v) is 28.8. The number of urea groups is 1. The van der Waals surface area contributed by atoms with Crippen molar-refractivity contribution in [2.75, 3.05) is 12.3 Å². The van der Waals surface area contributed by atoms with Gasteiger partial charge in [-0.15, -0.1) is 0 Å². The number of benzene rings is 6. The van der Waals surface area contributed by atoms with Crippen LogP contribution in [0.15, 0.2) is 182 Å². The number of nitrogens with zero attached hydrogens (tertiary/aromatic N) is 2. The van der Waals surface area contributed by atoms with E-state index in [2.05, 4.69) is 180 Å². The average Bonchev–Trinajstić information content (AvgIpc) is 3.39. The molecule has 7 rings (SSSR count). The van der Waals surface area contributed by atoms with Gasteiger partial charge in [0.15, 0.2) is 0 Å². The predicted molar refractivity (Wildman–Crippen MR) is 205 cm³/mol. The van der Waals surface area contributed by atoms with E-state index in [1.54, 1.807) is 0 Å². The summed E-state index contributed by atoms with van der Waals surface area (Å²) in [5, 5.41) is 5.39. The van der Waals surface area contributed by atoms with E-state index in [0.29, 0.717) is 13.1 Å². The molecule has 0 spiro atoms. The molecule has 2 amide bonds. The number of hydrogen-bond acceptors (Lipinski definition) is 1. The summed E-state index contributed by atoms with van der Waals surface area (Å²) in [4.78, 5) is 19.3.